The van der Waals surface area contributed by atoms with Crippen molar-refractivity contribution < 1.29 is 9.59 Å². The first-order valence-electron chi connectivity index (χ1n) is 10.9. The summed E-state index contributed by atoms with van der Waals surface area (Å²) in [5.41, 5.74) is 5.53. The first-order valence-corrected chi connectivity index (χ1v) is 12.2. The number of aromatic nitrogens is 2. The lowest BCUT2D eigenvalue weighted by Crippen LogP contribution is -2.27. The number of carbonyl (C=O) groups excluding carboxylic acids is 2. The highest BCUT2D eigenvalue weighted by atomic mass is 35.5. The van der Waals surface area contributed by atoms with Gasteiger partial charge in [0.25, 0.3) is 0 Å². The van der Waals surface area contributed by atoms with Crippen molar-refractivity contribution in [2.75, 3.05) is 11.1 Å². The van der Waals surface area contributed by atoms with E-state index in [9.17, 15) is 9.59 Å². The molecule has 0 saturated carbocycles. The third-order valence-electron chi connectivity index (χ3n) is 5.48. The number of nitrogens with one attached hydrogen (secondary N) is 2. The quantitative estimate of drug-likeness (QED) is 0.325. The smallest absolute Gasteiger partial charge is 0.240 e. The zero-order valence-corrected chi connectivity index (χ0v) is 20.5. The minimum absolute atomic E-state index is 0.0894. The van der Waals surface area contributed by atoms with E-state index in [0.29, 0.717) is 16.7 Å². The van der Waals surface area contributed by atoms with Gasteiger partial charge in [0.15, 0.2) is 5.16 Å². The van der Waals surface area contributed by atoms with Gasteiger partial charge in [-0.25, -0.2) is 4.98 Å². The second-order valence-electron chi connectivity index (χ2n) is 7.97. The summed E-state index contributed by atoms with van der Waals surface area (Å²) in [5, 5.41) is 7.07. The molecular formula is C26H25ClN4O2S. The Labute approximate surface area is 207 Å². The maximum absolute atomic E-state index is 12.7. The lowest BCUT2D eigenvalue weighted by Gasteiger charge is -2.11. The summed E-state index contributed by atoms with van der Waals surface area (Å²) in [4.78, 5) is 29.9. The minimum atomic E-state index is -0.162. The summed E-state index contributed by atoms with van der Waals surface area (Å²) in [6.07, 6.45) is 0. The number of fused-ring (bicyclic) bond motifs is 1. The Bertz CT molecular complexity index is 1350. The summed E-state index contributed by atoms with van der Waals surface area (Å²) in [7, 11) is 0. The van der Waals surface area contributed by atoms with Crippen LogP contribution in [0.5, 0.6) is 0 Å². The first kappa shape index (κ1) is 23.9. The molecule has 0 atom stereocenters. The van der Waals surface area contributed by atoms with E-state index in [-0.39, 0.29) is 24.1 Å². The molecule has 1 heterocycles. The van der Waals surface area contributed by atoms with E-state index < -0.39 is 0 Å². The number of anilines is 1. The zero-order valence-electron chi connectivity index (χ0n) is 19.0. The van der Waals surface area contributed by atoms with Gasteiger partial charge in [-0.2, -0.15) is 0 Å². The number of carbonyl (C=O) groups is 2. The Morgan fingerprint density at radius 2 is 1.74 bits per heavy atom. The molecule has 0 unspecified atom stereocenters. The second-order valence-corrected chi connectivity index (χ2v) is 9.32. The van der Waals surface area contributed by atoms with E-state index >= 15 is 0 Å². The number of halogens is 1. The van der Waals surface area contributed by atoms with Gasteiger partial charge in [-0.1, -0.05) is 59.8 Å². The molecule has 0 spiro atoms. The maximum Gasteiger partial charge on any atom is 0.240 e. The molecule has 174 valence electrons. The molecule has 0 fully saturated rings. The molecule has 3 aromatic carbocycles. The van der Waals surface area contributed by atoms with Crippen molar-refractivity contribution >= 4 is 51.9 Å². The monoisotopic (exact) mass is 492 g/mol. The number of nitrogens with zero attached hydrogens (tertiary/aromatic N) is 2. The van der Waals surface area contributed by atoms with E-state index in [1.807, 2.05) is 79.1 Å². The summed E-state index contributed by atoms with van der Waals surface area (Å²) in [5.74, 6) is -0.114. The van der Waals surface area contributed by atoms with Crippen LogP contribution in [-0.4, -0.2) is 27.1 Å². The second kappa shape index (κ2) is 10.8. The van der Waals surface area contributed by atoms with E-state index in [1.165, 1.54) is 17.3 Å². The Morgan fingerprint density at radius 1 is 0.971 bits per heavy atom. The van der Waals surface area contributed by atoms with Gasteiger partial charge in [-0.15, -0.1) is 0 Å². The molecule has 34 heavy (non-hydrogen) atoms. The van der Waals surface area contributed by atoms with Gasteiger partial charge in [0.2, 0.25) is 11.8 Å². The molecule has 0 radical (unpaired) electrons. The topological polar surface area (TPSA) is 76.0 Å². The Kier molecular flexibility index (Phi) is 7.55. The summed E-state index contributed by atoms with van der Waals surface area (Å²) < 4.78 is 1.84. The van der Waals surface area contributed by atoms with E-state index in [2.05, 4.69) is 15.6 Å². The molecule has 4 rings (SSSR count). The fraction of sp³-hybridized carbons (Fsp3) is 0.192. The van der Waals surface area contributed by atoms with Crippen LogP contribution in [0.1, 0.15) is 16.7 Å². The summed E-state index contributed by atoms with van der Waals surface area (Å²) in [6, 6.07) is 20.9. The van der Waals surface area contributed by atoms with Gasteiger partial charge >= 0.3 is 0 Å². The van der Waals surface area contributed by atoms with Crippen molar-refractivity contribution in [3.05, 3.63) is 88.4 Å². The molecule has 8 heteroatoms. The molecule has 0 aliphatic carbocycles. The van der Waals surface area contributed by atoms with Crippen LogP contribution in [0.4, 0.5) is 5.69 Å². The highest BCUT2D eigenvalue weighted by Gasteiger charge is 2.16. The third kappa shape index (κ3) is 5.79. The number of imidazole rings is 1. The van der Waals surface area contributed by atoms with Crippen molar-refractivity contribution in [2.24, 2.45) is 0 Å². The lowest BCUT2D eigenvalue weighted by atomic mass is 10.1. The van der Waals surface area contributed by atoms with Gasteiger partial charge in [0, 0.05) is 17.3 Å². The predicted molar refractivity (Wildman–Crippen MR) is 138 cm³/mol. The van der Waals surface area contributed by atoms with Crippen LogP contribution in [0.3, 0.4) is 0 Å². The van der Waals surface area contributed by atoms with Crippen molar-refractivity contribution in [2.45, 2.75) is 32.1 Å². The molecule has 2 amide bonds. The minimum Gasteiger partial charge on any atom is -0.350 e. The van der Waals surface area contributed by atoms with Gasteiger partial charge in [0.05, 0.1) is 16.8 Å². The van der Waals surface area contributed by atoms with Crippen LogP contribution < -0.4 is 10.6 Å². The number of benzene rings is 3. The Balaban J connectivity index is 1.44. The molecule has 1 aromatic heterocycles. The average molecular weight is 493 g/mol. The molecule has 6 nitrogen and oxygen atoms in total. The number of amides is 2. The number of aryl methyl sites for hydroxylation is 2. The molecule has 0 aliphatic rings. The predicted octanol–water partition coefficient (Wildman–Crippen LogP) is 5.35. The first-order chi connectivity index (χ1) is 16.4. The third-order valence-corrected chi connectivity index (χ3v) is 6.82. The number of para-hydroxylation sites is 2. The Hall–Kier alpha value is -3.29. The van der Waals surface area contributed by atoms with Gasteiger partial charge in [0.1, 0.15) is 6.54 Å². The molecule has 4 aromatic rings. The Morgan fingerprint density at radius 3 is 2.53 bits per heavy atom. The molecule has 0 bridgehead atoms. The largest absolute Gasteiger partial charge is 0.350 e. The number of hydrogen-bond donors (Lipinski definition) is 2. The summed E-state index contributed by atoms with van der Waals surface area (Å²) >= 11 is 7.50. The van der Waals surface area contributed by atoms with E-state index in [0.717, 1.165) is 27.8 Å². The van der Waals surface area contributed by atoms with Crippen molar-refractivity contribution in [3.63, 3.8) is 0 Å². The SMILES string of the molecule is Cc1ccc(NC(=O)CSc2nc3ccccc3n2CC(=O)NCc2ccccc2Cl)cc1C. The lowest BCUT2D eigenvalue weighted by molar-refractivity contribution is -0.121. The zero-order chi connectivity index (χ0) is 24.1. The van der Waals surface area contributed by atoms with Gasteiger partial charge in [-0.3, -0.25) is 9.59 Å². The number of rotatable bonds is 8. The average Bonchev–Trinajstić information content (AvgIpc) is 3.17. The van der Waals surface area contributed by atoms with Crippen molar-refractivity contribution in [1.82, 2.24) is 14.9 Å². The highest BCUT2D eigenvalue weighted by molar-refractivity contribution is 7.99. The van der Waals surface area contributed by atoms with Crippen LogP contribution in [0.2, 0.25) is 5.02 Å². The normalized spacial score (nSPS) is 10.9. The number of thioether (sulfide) groups is 1. The molecule has 0 aliphatic heterocycles. The summed E-state index contributed by atoms with van der Waals surface area (Å²) in [6.45, 7) is 4.48. The van der Waals surface area contributed by atoms with Crippen molar-refractivity contribution in [3.8, 4) is 0 Å². The van der Waals surface area contributed by atoms with E-state index in [4.69, 9.17) is 11.6 Å². The number of hydrogen-bond acceptors (Lipinski definition) is 4. The van der Waals surface area contributed by atoms with Crippen LogP contribution in [-0.2, 0) is 22.7 Å². The van der Waals surface area contributed by atoms with E-state index in [1.54, 1.807) is 6.07 Å². The van der Waals surface area contributed by atoms with Gasteiger partial charge in [-0.05, 0) is 60.9 Å². The molecular weight excluding hydrogens is 468 g/mol. The highest BCUT2D eigenvalue weighted by Crippen LogP contribution is 2.24. The molecule has 2 N–H and O–H groups in total. The molecule has 0 saturated heterocycles. The maximum atomic E-state index is 12.7. The van der Waals surface area contributed by atoms with Crippen molar-refractivity contribution in [1.29, 1.82) is 0 Å². The van der Waals surface area contributed by atoms with Crippen LogP contribution in [0.25, 0.3) is 11.0 Å². The van der Waals surface area contributed by atoms with Crippen LogP contribution >= 0.6 is 23.4 Å². The van der Waals surface area contributed by atoms with Gasteiger partial charge < -0.3 is 15.2 Å². The van der Waals surface area contributed by atoms with Crippen LogP contribution in [0, 0.1) is 13.8 Å². The fourth-order valence-corrected chi connectivity index (χ4v) is 4.51. The standard InChI is InChI=1S/C26H25ClN4O2S/c1-17-11-12-20(13-18(17)2)29-25(33)16-34-26-30-22-9-5-6-10-23(22)31(26)15-24(32)28-14-19-7-3-4-8-21(19)27/h3-13H,14-16H2,1-2H3,(H,28,32)(H,29,33). The fourth-order valence-electron chi connectivity index (χ4n) is 3.50. The van der Waals surface area contributed by atoms with Crippen LogP contribution in [0.15, 0.2) is 71.9 Å².